The molecule has 0 fully saturated rings. The van der Waals surface area contributed by atoms with Crippen molar-refractivity contribution in [2.75, 3.05) is 6.61 Å². The summed E-state index contributed by atoms with van der Waals surface area (Å²) in [7, 11) is 0. The van der Waals surface area contributed by atoms with Crippen molar-refractivity contribution in [3.63, 3.8) is 0 Å². The van der Waals surface area contributed by atoms with Crippen molar-refractivity contribution in [1.82, 2.24) is 5.32 Å². The Morgan fingerprint density at radius 3 is 0.953 bits per heavy atom. The molecule has 64 heavy (non-hydrogen) atoms. The van der Waals surface area contributed by atoms with Crippen LogP contribution in [0, 0.1) is 0 Å². The van der Waals surface area contributed by atoms with Gasteiger partial charge in [0.25, 0.3) is 0 Å². The van der Waals surface area contributed by atoms with Crippen molar-refractivity contribution in [2.24, 2.45) is 0 Å². The standard InChI is InChI=1S/C59H111NO4/c1-3-5-7-9-11-13-15-17-19-21-23-25-27-28-29-30-31-32-34-36-38-40-42-44-46-48-50-52-54-58(63)59(64)60-56(55-61)57(62)53-51-49-47-45-43-41-39-37-35-33-26-24-22-20-18-16-14-12-10-8-6-4-2/h28-29,35,37,43,45,51,53,56-58,61-63H,3-27,30-34,36,38-42,44,46-50,52,54-55H2,1-2H3,(H,60,64)/b29-28-,37-35+,45-43+,53-51+. The predicted molar refractivity (Wildman–Crippen MR) is 282 cm³/mol. The first-order chi connectivity index (χ1) is 31.6. The van der Waals surface area contributed by atoms with Crippen LogP contribution in [0.15, 0.2) is 48.6 Å². The fourth-order valence-corrected chi connectivity index (χ4v) is 8.68. The Balaban J connectivity index is 3.62. The minimum atomic E-state index is -1.11. The number of hydrogen-bond acceptors (Lipinski definition) is 4. The van der Waals surface area contributed by atoms with Gasteiger partial charge in [-0.15, -0.1) is 0 Å². The highest BCUT2D eigenvalue weighted by Crippen LogP contribution is 2.16. The van der Waals surface area contributed by atoms with E-state index in [0.717, 1.165) is 44.9 Å². The average Bonchev–Trinajstić information content (AvgIpc) is 3.30. The summed E-state index contributed by atoms with van der Waals surface area (Å²) in [5.41, 5.74) is 0. The highest BCUT2D eigenvalue weighted by Gasteiger charge is 2.22. The Bertz CT molecular complexity index is 1040. The molecular formula is C59H111NO4. The first-order valence-electron chi connectivity index (χ1n) is 28.5. The monoisotopic (exact) mass is 898 g/mol. The van der Waals surface area contributed by atoms with E-state index in [1.54, 1.807) is 6.08 Å². The topological polar surface area (TPSA) is 89.8 Å². The summed E-state index contributed by atoms with van der Waals surface area (Å²) in [5.74, 6) is -0.515. The van der Waals surface area contributed by atoms with Crippen LogP contribution in [0.5, 0.6) is 0 Å². The molecule has 0 aliphatic carbocycles. The molecule has 3 atom stereocenters. The van der Waals surface area contributed by atoms with Gasteiger partial charge < -0.3 is 20.6 Å². The van der Waals surface area contributed by atoms with E-state index in [-0.39, 0.29) is 6.61 Å². The van der Waals surface area contributed by atoms with Gasteiger partial charge in [-0.1, -0.05) is 274 Å². The maximum Gasteiger partial charge on any atom is 0.249 e. The van der Waals surface area contributed by atoms with Crippen molar-refractivity contribution in [1.29, 1.82) is 0 Å². The Kier molecular flexibility index (Phi) is 52.5. The Labute approximate surface area is 399 Å². The molecule has 0 aliphatic rings. The predicted octanol–water partition coefficient (Wildman–Crippen LogP) is 17.6. The van der Waals surface area contributed by atoms with E-state index in [1.165, 1.54) is 231 Å². The molecule has 4 N–H and O–H groups in total. The Morgan fingerprint density at radius 2 is 0.641 bits per heavy atom. The molecule has 0 aromatic heterocycles. The van der Waals surface area contributed by atoms with Crippen LogP contribution in [0.4, 0.5) is 0 Å². The van der Waals surface area contributed by atoms with Gasteiger partial charge in [0.2, 0.25) is 5.91 Å². The zero-order valence-corrected chi connectivity index (χ0v) is 42.9. The lowest BCUT2D eigenvalue weighted by molar-refractivity contribution is -0.131. The summed E-state index contributed by atoms with van der Waals surface area (Å²) in [6, 6.07) is -0.823. The molecule has 0 rings (SSSR count). The van der Waals surface area contributed by atoms with E-state index in [2.05, 4.69) is 55.6 Å². The molecule has 5 nitrogen and oxygen atoms in total. The molecule has 0 radical (unpaired) electrons. The maximum absolute atomic E-state index is 12.5. The number of aliphatic hydroxyl groups excluding tert-OH is 3. The van der Waals surface area contributed by atoms with Crippen molar-refractivity contribution in [3.05, 3.63) is 48.6 Å². The van der Waals surface area contributed by atoms with Gasteiger partial charge in [0.1, 0.15) is 6.10 Å². The number of amides is 1. The zero-order chi connectivity index (χ0) is 46.5. The first-order valence-corrected chi connectivity index (χ1v) is 28.5. The molecule has 0 heterocycles. The number of aliphatic hydroxyl groups is 3. The highest BCUT2D eigenvalue weighted by molar-refractivity contribution is 5.80. The van der Waals surface area contributed by atoms with Gasteiger partial charge in [-0.05, 0) is 70.6 Å². The molecule has 1 amide bonds. The van der Waals surface area contributed by atoms with E-state index in [9.17, 15) is 20.1 Å². The van der Waals surface area contributed by atoms with Crippen LogP contribution in [0.2, 0.25) is 0 Å². The summed E-state index contributed by atoms with van der Waals surface area (Å²) in [6.07, 6.45) is 71.9. The quantitative estimate of drug-likeness (QED) is 0.0362. The zero-order valence-electron chi connectivity index (χ0n) is 42.9. The summed E-state index contributed by atoms with van der Waals surface area (Å²) >= 11 is 0. The van der Waals surface area contributed by atoms with E-state index in [0.29, 0.717) is 6.42 Å². The lowest BCUT2D eigenvalue weighted by Gasteiger charge is -2.21. The fraction of sp³-hybridized carbons (Fsp3) is 0.847. The molecular weight excluding hydrogens is 787 g/mol. The summed E-state index contributed by atoms with van der Waals surface area (Å²) < 4.78 is 0. The molecule has 5 heteroatoms. The van der Waals surface area contributed by atoms with Crippen LogP contribution < -0.4 is 5.32 Å². The third kappa shape index (κ3) is 48.2. The maximum atomic E-state index is 12.5. The van der Waals surface area contributed by atoms with Crippen molar-refractivity contribution in [2.45, 2.75) is 315 Å². The van der Waals surface area contributed by atoms with E-state index in [4.69, 9.17) is 0 Å². The third-order valence-electron chi connectivity index (χ3n) is 13.1. The van der Waals surface area contributed by atoms with Gasteiger partial charge >= 0.3 is 0 Å². The molecule has 0 saturated heterocycles. The lowest BCUT2D eigenvalue weighted by atomic mass is 10.0. The second-order valence-corrected chi connectivity index (χ2v) is 19.5. The largest absolute Gasteiger partial charge is 0.394 e. The molecule has 0 aromatic rings. The smallest absolute Gasteiger partial charge is 0.249 e. The summed E-state index contributed by atoms with van der Waals surface area (Å²) in [4.78, 5) is 12.5. The number of hydrogen-bond donors (Lipinski definition) is 4. The first kappa shape index (κ1) is 62.3. The van der Waals surface area contributed by atoms with Gasteiger partial charge in [-0.2, -0.15) is 0 Å². The molecule has 0 aromatic carbocycles. The second kappa shape index (κ2) is 53.9. The molecule has 3 unspecified atom stereocenters. The van der Waals surface area contributed by atoms with Gasteiger partial charge in [0.15, 0.2) is 0 Å². The Hall–Kier alpha value is -1.69. The number of nitrogens with one attached hydrogen (secondary N) is 1. The van der Waals surface area contributed by atoms with E-state index >= 15 is 0 Å². The van der Waals surface area contributed by atoms with Gasteiger partial charge in [-0.25, -0.2) is 0 Å². The number of rotatable bonds is 52. The van der Waals surface area contributed by atoms with Crippen molar-refractivity contribution in [3.8, 4) is 0 Å². The van der Waals surface area contributed by atoms with Crippen LogP contribution >= 0.6 is 0 Å². The highest BCUT2D eigenvalue weighted by atomic mass is 16.3. The molecule has 0 saturated carbocycles. The number of carbonyl (C=O) groups excluding carboxylic acids is 1. The van der Waals surface area contributed by atoms with Crippen LogP contribution in [0.25, 0.3) is 0 Å². The summed E-state index contributed by atoms with van der Waals surface area (Å²) in [6.45, 7) is 4.20. The van der Waals surface area contributed by atoms with Crippen molar-refractivity contribution < 1.29 is 20.1 Å². The minimum absolute atomic E-state index is 0.381. The van der Waals surface area contributed by atoms with Crippen LogP contribution in [0.1, 0.15) is 296 Å². The van der Waals surface area contributed by atoms with Crippen LogP contribution in [-0.2, 0) is 4.79 Å². The average molecular weight is 899 g/mol. The van der Waals surface area contributed by atoms with Crippen LogP contribution in [0.3, 0.4) is 0 Å². The lowest BCUT2D eigenvalue weighted by Crippen LogP contribution is -2.48. The minimum Gasteiger partial charge on any atom is -0.394 e. The van der Waals surface area contributed by atoms with Gasteiger partial charge in [0.05, 0.1) is 18.8 Å². The van der Waals surface area contributed by atoms with Crippen molar-refractivity contribution >= 4 is 5.91 Å². The van der Waals surface area contributed by atoms with E-state index in [1.807, 2.05) is 6.08 Å². The Morgan fingerprint density at radius 1 is 0.375 bits per heavy atom. The molecule has 376 valence electrons. The van der Waals surface area contributed by atoms with Gasteiger partial charge in [0, 0.05) is 0 Å². The normalized spacial score (nSPS) is 13.6. The van der Waals surface area contributed by atoms with E-state index < -0.39 is 24.2 Å². The fourth-order valence-electron chi connectivity index (χ4n) is 8.68. The van der Waals surface area contributed by atoms with Gasteiger partial charge in [-0.3, -0.25) is 4.79 Å². The summed E-state index contributed by atoms with van der Waals surface area (Å²) in [5, 5.41) is 33.3. The second-order valence-electron chi connectivity index (χ2n) is 19.5. The molecule has 0 spiro atoms. The SMILES string of the molecule is CCCCCCCCCCCCCC/C=C\CCCCCCCCCCCCCCC(O)C(=O)NC(CO)C(O)/C=C/CC/C=C/CC/C=C/CCCCCCCCCCCCCC. The third-order valence-corrected chi connectivity index (χ3v) is 13.1. The van der Waals surface area contributed by atoms with Crippen LogP contribution in [-0.4, -0.2) is 46.1 Å². The number of allylic oxidation sites excluding steroid dienone is 7. The number of carbonyl (C=O) groups is 1. The number of unbranched alkanes of at least 4 members (excludes halogenated alkanes) is 38. The molecule has 0 bridgehead atoms. The molecule has 0 aliphatic heterocycles.